The van der Waals surface area contributed by atoms with Crippen LogP contribution in [0.1, 0.15) is 46.0 Å². The second-order valence-electron chi connectivity index (χ2n) is 6.45. The fraction of sp³-hybridized carbons (Fsp3) is 0.526. The maximum atomic E-state index is 6.73. The number of alkyl halides is 1. The number of hydrogen-bond acceptors (Lipinski definition) is 4. The van der Waals surface area contributed by atoms with Crippen molar-refractivity contribution in [2.45, 2.75) is 57.5 Å². The van der Waals surface area contributed by atoms with Gasteiger partial charge in [-0.05, 0) is 44.4 Å². The Labute approximate surface area is 149 Å². The zero-order valence-electron chi connectivity index (χ0n) is 14.6. The van der Waals surface area contributed by atoms with Crippen molar-refractivity contribution in [2.24, 2.45) is 16.5 Å². The van der Waals surface area contributed by atoms with Crippen LogP contribution in [0.15, 0.2) is 46.6 Å². The number of rotatable bonds is 7. The second kappa shape index (κ2) is 8.65. The highest BCUT2D eigenvalue weighted by Gasteiger charge is 2.41. The first-order chi connectivity index (χ1) is 11.5. The maximum absolute atomic E-state index is 6.73. The van der Waals surface area contributed by atoms with Gasteiger partial charge in [-0.25, -0.2) is 4.99 Å². The lowest BCUT2D eigenvalue weighted by Gasteiger charge is -2.40. The lowest BCUT2D eigenvalue weighted by atomic mass is 9.77. The molecule has 1 heterocycles. The van der Waals surface area contributed by atoms with Crippen molar-refractivity contribution >= 4 is 17.5 Å². The Morgan fingerprint density at radius 3 is 2.46 bits per heavy atom. The Balaban J connectivity index is 2.10. The zero-order chi connectivity index (χ0) is 17.6. The number of nitrogens with zero attached hydrogens (tertiary/aromatic N) is 1. The maximum Gasteiger partial charge on any atom is 0.214 e. The largest absolute Gasteiger partial charge is 0.441 e. The van der Waals surface area contributed by atoms with Crippen LogP contribution in [0.3, 0.4) is 0 Å². The molecule has 0 saturated carbocycles. The summed E-state index contributed by atoms with van der Waals surface area (Å²) in [5.41, 5.74) is 14.5. The first-order valence-corrected chi connectivity index (χ1v) is 9.12. The van der Waals surface area contributed by atoms with Crippen LogP contribution in [0.25, 0.3) is 0 Å². The minimum atomic E-state index is -0.614. The molecular weight excluding hydrogens is 322 g/mol. The molecule has 4 N–H and O–H groups in total. The van der Waals surface area contributed by atoms with Gasteiger partial charge in [-0.15, -0.1) is 11.6 Å². The number of benzene rings is 1. The van der Waals surface area contributed by atoms with Gasteiger partial charge in [0.2, 0.25) is 5.90 Å². The number of ether oxygens (including phenoxy) is 1. The summed E-state index contributed by atoms with van der Waals surface area (Å²) < 4.78 is 5.92. The lowest BCUT2D eigenvalue weighted by Crippen LogP contribution is -2.62. The van der Waals surface area contributed by atoms with Crippen LogP contribution < -0.4 is 16.2 Å². The molecular formula is C19H28ClN3O. The second-order valence-corrected chi connectivity index (χ2v) is 6.82. The van der Waals surface area contributed by atoms with Gasteiger partial charge in [0.15, 0.2) is 0 Å². The molecule has 2 atom stereocenters. The molecule has 4 nitrogen and oxygen atoms in total. The van der Waals surface area contributed by atoms with E-state index in [0.29, 0.717) is 11.8 Å². The van der Waals surface area contributed by atoms with E-state index >= 15 is 0 Å². The number of allylic oxidation sites excluding steroid dienone is 1. The molecule has 0 radical (unpaired) electrons. The summed E-state index contributed by atoms with van der Waals surface area (Å²) in [6, 6.07) is 9.11. The van der Waals surface area contributed by atoms with Crippen LogP contribution in [-0.2, 0) is 0 Å². The van der Waals surface area contributed by atoms with E-state index in [1.54, 1.807) is 0 Å². The summed E-state index contributed by atoms with van der Waals surface area (Å²) in [5.74, 6) is 1.93. The molecule has 0 amide bonds. The number of unbranched alkanes of at least 4 members (excludes halogenated alkanes) is 3. The van der Waals surface area contributed by atoms with Gasteiger partial charge in [-0.3, -0.25) is 0 Å². The molecule has 0 spiro atoms. The van der Waals surface area contributed by atoms with E-state index in [-0.39, 0.29) is 0 Å². The van der Waals surface area contributed by atoms with E-state index in [2.05, 4.69) is 4.99 Å². The summed E-state index contributed by atoms with van der Waals surface area (Å²) in [4.78, 5) is 4.54. The van der Waals surface area contributed by atoms with Crippen molar-refractivity contribution in [3.63, 3.8) is 0 Å². The van der Waals surface area contributed by atoms with Crippen molar-refractivity contribution < 1.29 is 4.74 Å². The van der Waals surface area contributed by atoms with E-state index in [1.807, 2.05) is 44.2 Å². The van der Waals surface area contributed by atoms with E-state index in [0.717, 1.165) is 49.1 Å². The lowest BCUT2D eigenvalue weighted by molar-refractivity contribution is 0.366. The van der Waals surface area contributed by atoms with Crippen LogP contribution in [0, 0.1) is 0 Å². The summed E-state index contributed by atoms with van der Waals surface area (Å²) >= 11 is 5.73. The third-order valence-electron chi connectivity index (χ3n) is 4.78. The molecule has 5 heteroatoms. The number of para-hydroxylation sites is 1. The minimum absolute atomic E-state index is 0.450. The molecule has 24 heavy (non-hydrogen) atoms. The number of hydrogen-bond donors (Lipinski definition) is 2. The molecule has 1 aromatic carbocycles. The van der Waals surface area contributed by atoms with Crippen molar-refractivity contribution in [1.29, 1.82) is 0 Å². The van der Waals surface area contributed by atoms with Crippen LogP contribution in [0.4, 0.5) is 0 Å². The highest BCUT2D eigenvalue weighted by molar-refractivity contribution is 6.17. The summed E-state index contributed by atoms with van der Waals surface area (Å²) in [5, 5.41) is 0. The molecule has 0 aromatic heterocycles. The summed E-state index contributed by atoms with van der Waals surface area (Å²) in [6.45, 7) is 3.99. The molecule has 1 aliphatic heterocycles. The van der Waals surface area contributed by atoms with E-state index < -0.39 is 11.6 Å². The molecule has 0 fully saturated rings. The Morgan fingerprint density at radius 1 is 1.12 bits per heavy atom. The van der Waals surface area contributed by atoms with Crippen LogP contribution in [0.2, 0.25) is 0 Å². The number of aliphatic imine (C=N–C) groups is 1. The quantitative estimate of drug-likeness (QED) is 0.577. The van der Waals surface area contributed by atoms with Gasteiger partial charge in [0.1, 0.15) is 11.8 Å². The van der Waals surface area contributed by atoms with E-state index in [1.165, 1.54) is 0 Å². The molecule has 1 aromatic rings. The van der Waals surface area contributed by atoms with Gasteiger partial charge in [0.05, 0.1) is 5.54 Å². The Hall–Kier alpha value is -1.36. The van der Waals surface area contributed by atoms with Gasteiger partial charge in [0, 0.05) is 11.6 Å². The zero-order valence-corrected chi connectivity index (χ0v) is 15.4. The third-order valence-corrected chi connectivity index (χ3v) is 5.05. The average molecular weight is 350 g/mol. The van der Waals surface area contributed by atoms with Crippen molar-refractivity contribution in [3.8, 4) is 5.75 Å². The normalized spacial score (nSPS) is 24.0. The first kappa shape index (κ1) is 19.0. The summed E-state index contributed by atoms with van der Waals surface area (Å²) in [7, 11) is 0. The van der Waals surface area contributed by atoms with Gasteiger partial charge < -0.3 is 16.2 Å². The molecule has 1 aliphatic rings. The Kier molecular flexibility index (Phi) is 6.84. The van der Waals surface area contributed by atoms with Gasteiger partial charge in [-0.1, -0.05) is 37.5 Å². The first-order valence-electron chi connectivity index (χ1n) is 8.59. The average Bonchev–Trinajstić information content (AvgIpc) is 2.59. The van der Waals surface area contributed by atoms with Crippen molar-refractivity contribution in [3.05, 3.63) is 41.6 Å². The minimum Gasteiger partial charge on any atom is -0.441 e. The van der Waals surface area contributed by atoms with E-state index in [4.69, 9.17) is 27.8 Å². The smallest absolute Gasteiger partial charge is 0.214 e. The number of nitrogens with two attached hydrogens (primary N) is 2. The van der Waals surface area contributed by atoms with Crippen LogP contribution in [0.5, 0.6) is 5.75 Å². The topological polar surface area (TPSA) is 73.6 Å². The molecule has 0 bridgehead atoms. The van der Waals surface area contributed by atoms with Crippen LogP contribution in [-0.4, -0.2) is 23.4 Å². The standard InChI is InChI=1S/C19H28ClN3O/c1-14-15(2)23-18(24-16-10-6-5-7-11-16)17(21)19(14,22)12-8-3-4-9-13-20/h5-7,10-11,17H,3-4,8-9,12-13,21-22H2,1-2H3. The monoisotopic (exact) mass is 349 g/mol. The molecule has 0 aliphatic carbocycles. The highest BCUT2D eigenvalue weighted by Crippen LogP contribution is 2.32. The van der Waals surface area contributed by atoms with Gasteiger partial charge in [0.25, 0.3) is 0 Å². The molecule has 2 unspecified atom stereocenters. The van der Waals surface area contributed by atoms with E-state index in [9.17, 15) is 0 Å². The number of halogens is 1. The van der Waals surface area contributed by atoms with Gasteiger partial charge >= 0.3 is 0 Å². The van der Waals surface area contributed by atoms with Crippen molar-refractivity contribution in [2.75, 3.05) is 5.88 Å². The highest BCUT2D eigenvalue weighted by atomic mass is 35.5. The fourth-order valence-corrected chi connectivity index (χ4v) is 3.20. The van der Waals surface area contributed by atoms with Crippen molar-refractivity contribution in [1.82, 2.24) is 0 Å². The predicted octanol–water partition coefficient (Wildman–Crippen LogP) is 3.99. The molecule has 0 saturated heterocycles. The molecule has 132 valence electrons. The van der Waals surface area contributed by atoms with Gasteiger partial charge in [-0.2, -0.15) is 0 Å². The summed E-state index contributed by atoms with van der Waals surface area (Å²) in [6.07, 6.45) is 5.11. The third kappa shape index (κ3) is 4.38. The van der Waals surface area contributed by atoms with Crippen LogP contribution >= 0.6 is 11.6 Å². The Bertz CT molecular complexity index is 600. The fourth-order valence-electron chi connectivity index (χ4n) is 3.01. The Morgan fingerprint density at radius 2 is 1.79 bits per heavy atom. The SMILES string of the molecule is CC1=C(C)C(N)(CCCCCCCl)C(N)C(Oc2ccccc2)=N1. The molecule has 2 rings (SSSR count). The predicted molar refractivity (Wildman–Crippen MR) is 102 cm³/mol.